The van der Waals surface area contributed by atoms with Gasteiger partial charge in [0, 0.05) is 23.1 Å². The van der Waals surface area contributed by atoms with Gasteiger partial charge in [-0.15, -0.1) is 0 Å². The van der Waals surface area contributed by atoms with Crippen LogP contribution in [0.15, 0.2) is 48.5 Å². The summed E-state index contributed by atoms with van der Waals surface area (Å²) in [7, 11) is 0. The largest absolute Gasteiger partial charge is 0.493 e. The molecule has 4 heteroatoms. The number of fused-ring (bicyclic) bond motifs is 1. The summed E-state index contributed by atoms with van der Waals surface area (Å²) in [6.07, 6.45) is 0. The molecule has 0 saturated heterocycles. The normalized spacial score (nSPS) is 11.1. The Hall–Kier alpha value is -2.75. The van der Waals surface area contributed by atoms with Crippen molar-refractivity contribution in [1.29, 1.82) is 0 Å². The van der Waals surface area contributed by atoms with Gasteiger partial charge in [-0.2, -0.15) is 0 Å². The number of rotatable bonds is 6. The summed E-state index contributed by atoms with van der Waals surface area (Å²) in [5.74, 6) is 1.21. The first kappa shape index (κ1) is 18.1. The SMILES string of the molecule is CCn1c(C(=O)Nc2ccc(OCC(C)C)cc2)c(C)c2ccccc21. The molecular formula is C22H26N2O2. The topological polar surface area (TPSA) is 43.3 Å². The van der Waals surface area contributed by atoms with Crippen LogP contribution in [0, 0.1) is 12.8 Å². The molecule has 0 atom stereocenters. The fourth-order valence-corrected chi connectivity index (χ4v) is 3.19. The van der Waals surface area contributed by atoms with E-state index in [2.05, 4.69) is 42.8 Å². The number of para-hydroxylation sites is 1. The van der Waals surface area contributed by atoms with E-state index in [1.807, 2.05) is 43.3 Å². The molecule has 3 rings (SSSR count). The molecular weight excluding hydrogens is 324 g/mol. The summed E-state index contributed by atoms with van der Waals surface area (Å²) < 4.78 is 7.76. The van der Waals surface area contributed by atoms with Gasteiger partial charge in [-0.25, -0.2) is 0 Å². The van der Waals surface area contributed by atoms with Crippen molar-refractivity contribution in [3.63, 3.8) is 0 Å². The summed E-state index contributed by atoms with van der Waals surface area (Å²) in [5.41, 5.74) is 3.58. The molecule has 1 N–H and O–H groups in total. The number of anilines is 1. The second-order valence-electron chi connectivity index (χ2n) is 6.92. The van der Waals surface area contributed by atoms with Crippen LogP contribution >= 0.6 is 0 Å². The molecule has 1 aromatic heterocycles. The van der Waals surface area contributed by atoms with Crippen LogP contribution in [-0.4, -0.2) is 17.1 Å². The monoisotopic (exact) mass is 350 g/mol. The Morgan fingerprint density at radius 3 is 2.46 bits per heavy atom. The van der Waals surface area contributed by atoms with E-state index in [1.165, 1.54) is 0 Å². The Morgan fingerprint density at radius 1 is 1.12 bits per heavy atom. The van der Waals surface area contributed by atoms with Crippen molar-refractivity contribution in [3.8, 4) is 5.75 Å². The summed E-state index contributed by atoms with van der Waals surface area (Å²) >= 11 is 0. The lowest BCUT2D eigenvalue weighted by Crippen LogP contribution is -2.17. The smallest absolute Gasteiger partial charge is 0.272 e. The highest BCUT2D eigenvalue weighted by Gasteiger charge is 2.19. The average molecular weight is 350 g/mol. The number of aromatic nitrogens is 1. The number of ether oxygens (including phenoxy) is 1. The number of nitrogens with one attached hydrogen (secondary N) is 1. The molecule has 0 aliphatic rings. The van der Waals surface area contributed by atoms with Gasteiger partial charge in [0.25, 0.3) is 5.91 Å². The Morgan fingerprint density at radius 2 is 1.81 bits per heavy atom. The van der Waals surface area contributed by atoms with E-state index in [4.69, 9.17) is 4.74 Å². The quantitative estimate of drug-likeness (QED) is 0.659. The van der Waals surface area contributed by atoms with Crippen LogP contribution < -0.4 is 10.1 Å². The highest BCUT2D eigenvalue weighted by atomic mass is 16.5. The van der Waals surface area contributed by atoms with Crippen LogP contribution in [0.3, 0.4) is 0 Å². The van der Waals surface area contributed by atoms with Crippen molar-refractivity contribution < 1.29 is 9.53 Å². The minimum atomic E-state index is -0.0867. The average Bonchev–Trinajstić information content (AvgIpc) is 2.93. The molecule has 2 aromatic carbocycles. The number of aryl methyl sites for hydroxylation is 2. The molecule has 3 aromatic rings. The fraction of sp³-hybridized carbons (Fsp3) is 0.318. The molecule has 4 nitrogen and oxygen atoms in total. The zero-order chi connectivity index (χ0) is 18.7. The predicted molar refractivity (Wildman–Crippen MR) is 107 cm³/mol. The lowest BCUT2D eigenvalue weighted by molar-refractivity contribution is 0.101. The lowest BCUT2D eigenvalue weighted by atomic mass is 10.1. The van der Waals surface area contributed by atoms with Crippen LogP contribution in [0.25, 0.3) is 10.9 Å². The van der Waals surface area contributed by atoms with Crippen molar-refractivity contribution >= 4 is 22.5 Å². The third-order valence-electron chi connectivity index (χ3n) is 4.45. The van der Waals surface area contributed by atoms with Gasteiger partial charge in [-0.3, -0.25) is 4.79 Å². The van der Waals surface area contributed by atoms with Crippen LogP contribution in [0.5, 0.6) is 5.75 Å². The zero-order valence-electron chi connectivity index (χ0n) is 15.9. The van der Waals surface area contributed by atoms with E-state index in [1.54, 1.807) is 0 Å². The lowest BCUT2D eigenvalue weighted by Gasteiger charge is -2.11. The first-order valence-electron chi connectivity index (χ1n) is 9.13. The standard InChI is InChI=1S/C22H26N2O2/c1-5-24-20-9-7-6-8-19(20)16(4)21(24)22(25)23-17-10-12-18(13-11-17)26-14-15(2)3/h6-13,15H,5,14H2,1-4H3,(H,23,25). The van der Waals surface area contributed by atoms with Gasteiger partial charge in [0.2, 0.25) is 0 Å². The molecule has 0 aliphatic carbocycles. The highest BCUT2D eigenvalue weighted by Crippen LogP contribution is 2.26. The number of amides is 1. The Balaban J connectivity index is 1.82. The van der Waals surface area contributed by atoms with Crippen molar-refractivity contribution in [3.05, 3.63) is 59.8 Å². The van der Waals surface area contributed by atoms with Gasteiger partial charge < -0.3 is 14.6 Å². The van der Waals surface area contributed by atoms with Gasteiger partial charge in [0.1, 0.15) is 11.4 Å². The van der Waals surface area contributed by atoms with Crippen LogP contribution in [-0.2, 0) is 6.54 Å². The summed E-state index contributed by atoms with van der Waals surface area (Å²) in [4.78, 5) is 12.9. The molecule has 0 unspecified atom stereocenters. The molecule has 0 radical (unpaired) electrons. The van der Waals surface area contributed by atoms with E-state index < -0.39 is 0 Å². The Labute approximate surface area is 154 Å². The van der Waals surface area contributed by atoms with Crippen LogP contribution in [0.1, 0.15) is 36.8 Å². The van der Waals surface area contributed by atoms with E-state index in [0.717, 1.165) is 34.4 Å². The van der Waals surface area contributed by atoms with Gasteiger partial charge in [-0.1, -0.05) is 32.0 Å². The maximum absolute atomic E-state index is 12.9. The molecule has 1 amide bonds. The maximum Gasteiger partial charge on any atom is 0.272 e. The molecule has 26 heavy (non-hydrogen) atoms. The zero-order valence-corrected chi connectivity index (χ0v) is 15.9. The minimum Gasteiger partial charge on any atom is -0.493 e. The molecule has 0 saturated carbocycles. The Bertz CT molecular complexity index is 908. The van der Waals surface area contributed by atoms with E-state index in [-0.39, 0.29) is 5.91 Å². The molecule has 0 spiro atoms. The number of carbonyl (C=O) groups excluding carboxylic acids is 1. The number of hydrogen-bond donors (Lipinski definition) is 1. The highest BCUT2D eigenvalue weighted by molar-refractivity contribution is 6.08. The van der Waals surface area contributed by atoms with Crippen LogP contribution in [0.4, 0.5) is 5.69 Å². The van der Waals surface area contributed by atoms with Crippen molar-refractivity contribution in [2.24, 2.45) is 5.92 Å². The number of nitrogens with zero attached hydrogens (tertiary/aromatic N) is 1. The molecule has 136 valence electrons. The molecule has 0 fully saturated rings. The van der Waals surface area contributed by atoms with Crippen molar-refractivity contribution in [2.45, 2.75) is 34.2 Å². The number of hydrogen-bond acceptors (Lipinski definition) is 2. The molecule has 0 bridgehead atoms. The second-order valence-corrected chi connectivity index (χ2v) is 6.92. The van der Waals surface area contributed by atoms with Crippen molar-refractivity contribution in [1.82, 2.24) is 4.57 Å². The maximum atomic E-state index is 12.9. The third kappa shape index (κ3) is 3.59. The van der Waals surface area contributed by atoms with E-state index in [9.17, 15) is 4.79 Å². The predicted octanol–water partition coefficient (Wildman–Crippen LogP) is 5.26. The summed E-state index contributed by atoms with van der Waals surface area (Å²) in [5, 5.41) is 4.13. The van der Waals surface area contributed by atoms with Gasteiger partial charge in [0.05, 0.1) is 6.61 Å². The molecule has 0 aliphatic heterocycles. The first-order chi connectivity index (χ1) is 12.5. The second kappa shape index (κ2) is 7.65. The first-order valence-corrected chi connectivity index (χ1v) is 9.13. The fourth-order valence-electron chi connectivity index (χ4n) is 3.19. The summed E-state index contributed by atoms with van der Waals surface area (Å²) in [6, 6.07) is 15.7. The molecule has 1 heterocycles. The minimum absolute atomic E-state index is 0.0867. The van der Waals surface area contributed by atoms with Gasteiger partial charge in [0.15, 0.2) is 0 Å². The Kier molecular flexibility index (Phi) is 5.31. The van der Waals surface area contributed by atoms with Crippen LogP contribution in [0.2, 0.25) is 0 Å². The summed E-state index contributed by atoms with van der Waals surface area (Å²) in [6.45, 7) is 9.73. The van der Waals surface area contributed by atoms with Gasteiger partial charge in [-0.05, 0) is 55.7 Å². The third-order valence-corrected chi connectivity index (χ3v) is 4.45. The number of carbonyl (C=O) groups is 1. The van der Waals surface area contributed by atoms with E-state index >= 15 is 0 Å². The van der Waals surface area contributed by atoms with E-state index in [0.29, 0.717) is 18.2 Å². The van der Waals surface area contributed by atoms with Crippen molar-refractivity contribution in [2.75, 3.05) is 11.9 Å². The number of benzene rings is 2. The van der Waals surface area contributed by atoms with Gasteiger partial charge >= 0.3 is 0 Å².